The second-order valence-electron chi connectivity index (χ2n) is 7.04. The highest BCUT2D eigenvalue weighted by Crippen LogP contribution is 2.43. The zero-order chi connectivity index (χ0) is 20.8. The van der Waals surface area contributed by atoms with Crippen molar-refractivity contribution in [2.75, 3.05) is 16.2 Å². The van der Waals surface area contributed by atoms with Crippen molar-refractivity contribution in [3.63, 3.8) is 0 Å². The number of sulfonamides is 1. The lowest BCUT2D eigenvalue weighted by atomic mass is 10.0. The summed E-state index contributed by atoms with van der Waals surface area (Å²) in [6.45, 7) is 3.57. The monoisotopic (exact) mass is 470 g/mol. The van der Waals surface area contributed by atoms with Crippen LogP contribution in [0.4, 0.5) is 11.4 Å². The van der Waals surface area contributed by atoms with Crippen molar-refractivity contribution >= 4 is 43.2 Å². The van der Waals surface area contributed by atoms with Gasteiger partial charge in [-0.15, -0.1) is 0 Å². The molecule has 0 bridgehead atoms. The van der Waals surface area contributed by atoms with E-state index in [0.717, 1.165) is 21.2 Å². The predicted octanol–water partition coefficient (Wildman–Crippen LogP) is 4.88. The number of amides is 1. The van der Waals surface area contributed by atoms with E-state index in [1.807, 2.05) is 44.2 Å². The summed E-state index contributed by atoms with van der Waals surface area (Å²) in [6, 6.07) is 17.9. The van der Waals surface area contributed by atoms with Crippen LogP contribution in [0.3, 0.4) is 0 Å². The molecule has 3 aromatic carbocycles. The molecule has 0 atom stereocenters. The molecule has 0 spiro atoms. The number of rotatable bonds is 3. The molecule has 1 heterocycles. The smallest absolute Gasteiger partial charge is 0.265 e. The Kier molecular flexibility index (Phi) is 4.96. The molecule has 0 radical (unpaired) electrons. The predicted molar refractivity (Wildman–Crippen MR) is 119 cm³/mol. The number of carbonyl (C=O) groups excluding carboxylic acids is 1. The molecule has 7 heteroatoms. The van der Waals surface area contributed by atoms with Crippen LogP contribution in [0.25, 0.3) is 11.1 Å². The van der Waals surface area contributed by atoms with Crippen LogP contribution >= 0.6 is 15.9 Å². The first-order valence-electron chi connectivity index (χ1n) is 9.06. The van der Waals surface area contributed by atoms with E-state index in [4.69, 9.17) is 0 Å². The third kappa shape index (κ3) is 3.56. The summed E-state index contributed by atoms with van der Waals surface area (Å²) in [6.07, 6.45) is 0. The number of nitrogens with zero attached hydrogens (tertiary/aromatic N) is 1. The van der Waals surface area contributed by atoms with Gasteiger partial charge in [-0.2, -0.15) is 0 Å². The second kappa shape index (κ2) is 7.31. The number of hydrogen-bond acceptors (Lipinski definition) is 3. The average Bonchev–Trinajstić information content (AvgIpc) is 2.68. The van der Waals surface area contributed by atoms with Gasteiger partial charge in [0, 0.05) is 21.3 Å². The van der Waals surface area contributed by atoms with Crippen molar-refractivity contribution in [1.29, 1.82) is 0 Å². The van der Waals surface area contributed by atoms with Gasteiger partial charge in [-0.1, -0.05) is 45.8 Å². The van der Waals surface area contributed by atoms with Crippen molar-refractivity contribution in [3.05, 3.63) is 76.3 Å². The molecule has 0 saturated heterocycles. The van der Waals surface area contributed by atoms with Crippen molar-refractivity contribution in [2.24, 2.45) is 0 Å². The Bertz CT molecular complexity index is 1240. The van der Waals surface area contributed by atoms with E-state index in [-0.39, 0.29) is 11.4 Å². The number of hydrogen-bond donors (Lipinski definition) is 1. The molecule has 1 aliphatic rings. The average molecular weight is 471 g/mol. The summed E-state index contributed by atoms with van der Waals surface area (Å²) in [4.78, 5) is 12.9. The quantitative estimate of drug-likeness (QED) is 0.592. The van der Waals surface area contributed by atoms with Crippen molar-refractivity contribution in [1.82, 2.24) is 0 Å². The van der Waals surface area contributed by atoms with E-state index in [2.05, 4.69) is 21.2 Å². The maximum absolute atomic E-state index is 13.3. The molecule has 0 aliphatic carbocycles. The lowest BCUT2D eigenvalue weighted by Gasteiger charge is -2.31. The standard InChI is InChI=1S/C22H19BrN2O3S/c1-14-7-10-20-18(11-14)17-5-3-4-6-21(17)29(27,28)25(20)13-22(26)24-16-8-9-19(23)15(2)12-16/h3-12H,13H2,1-2H3,(H,24,26). The normalized spacial score (nSPS) is 14.1. The Morgan fingerprint density at radius 1 is 1.00 bits per heavy atom. The first-order valence-corrected chi connectivity index (χ1v) is 11.3. The highest BCUT2D eigenvalue weighted by molar-refractivity contribution is 9.10. The fraction of sp³-hybridized carbons (Fsp3) is 0.136. The summed E-state index contributed by atoms with van der Waals surface area (Å²) in [7, 11) is -3.85. The number of fused-ring (bicyclic) bond motifs is 3. The zero-order valence-corrected chi connectivity index (χ0v) is 18.3. The van der Waals surface area contributed by atoms with Crippen LogP contribution in [0.2, 0.25) is 0 Å². The number of aryl methyl sites for hydroxylation is 2. The van der Waals surface area contributed by atoms with E-state index >= 15 is 0 Å². The van der Waals surface area contributed by atoms with Gasteiger partial charge < -0.3 is 5.32 Å². The maximum Gasteiger partial charge on any atom is 0.265 e. The summed E-state index contributed by atoms with van der Waals surface area (Å²) >= 11 is 3.43. The Balaban J connectivity index is 1.72. The Morgan fingerprint density at radius 3 is 2.52 bits per heavy atom. The minimum atomic E-state index is -3.85. The van der Waals surface area contributed by atoms with E-state index < -0.39 is 15.9 Å². The van der Waals surface area contributed by atoms with E-state index in [1.165, 1.54) is 4.31 Å². The molecule has 0 unspecified atom stereocenters. The molecule has 1 amide bonds. The molecule has 5 nitrogen and oxygen atoms in total. The molecule has 1 aliphatic heterocycles. The number of carbonyl (C=O) groups is 1. The van der Waals surface area contributed by atoms with Crippen LogP contribution in [0, 0.1) is 13.8 Å². The van der Waals surface area contributed by atoms with Crippen LogP contribution in [0.1, 0.15) is 11.1 Å². The van der Waals surface area contributed by atoms with Gasteiger partial charge in [-0.3, -0.25) is 9.10 Å². The van der Waals surface area contributed by atoms with E-state index in [9.17, 15) is 13.2 Å². The van der Waals surface area contributed by atoms with Crippen LogP contribution < -0.4 is 9.62 Å². The number of anilines is 2. The molecule has 4 rings (SSSR count). The van der Waals surface area contributed by atoms with Gasteiger partial charge >= 0.3 is 0 Å². The molecular weight excluding hydrogens is 452 g/mol. The van der Waals surface area contributed by atoms with Crippen LogP contribution in [0.5, 0.6) is 0 Å². The van der Waals surface area contributed by atoms with Gasteiger partial charge in [0.2, 0.25) is 5.91 Å². The summed E-state index contributed by atoms with van der Waals surface area (Å²) in [5, 5.41) is 2.80. The molecule has 0 aromatic heterocycles. The van der Waals surface area contributed by atoms with Gasteiger partial charge in [0.1, 0.15) is 6.54 Å². The van der Waals surface area contributed by atoms with Gasteiger partial charge in [0.25, 0.3) is 10.0 Å². The van der Waals surface area contributed by atoms with Gasteiger partial charge in [0.15, 0.2) is 0 Å². The lowest BCUT2D eigenvalue weighted by molar-refractivity contribution is -0.114. The van der Waals surface area contributed by atoms with E-state index in [1.54, 1.807) is 30.3 Å². The van der Waals surface area contributed by atoms with Crippen LogP contribution in [-0.4, -0.2) is 20.9 Å². The molecule has 0 saturated carbocycles. The molecule has 1 N–H and O–H groups in total. The molecule has 3 aromatic rings. The third-order valence-corrected chi connectivity index (χ3v) is 7.60. The van der Waals surface area contributed by atoms with Crippen molar-refractivity contribution in [3.8, 4) is 11.1 Å². The summed E-state index contributed by atoms with van der Waals surface area (Å²) in [5.74, 6) is -0.402. The van der Waals surface area contributed by atoms with Crippen molar-refractivity contribution < 1.29 is 13.2 Å². The highest BCUT2D eigenvalue weighted by Gasteiger charge is 2.35. The number of benzene rings is 3. The van der Waals surface area contributed by atoms with Crippen LogP contribution in [-0.2, 0) is 14.8 Å². The first kappa shape index (κ1) is 19.7. The topological polar surface area (TPSA) is 66.5 Å². The largest absolute Gasteiger partial charge is 0.325 e. The molecule has 148 valence electrons. The Morgan fingerprint density at radius 2 is 1.76 bits per heavy atom. The Labute approximate surface area is 178 Å². The van der Waals surface area contributed by atoms with Crippen LogP contribution in [0.15, 0.2) is 70.0 Å². The highest BCUT2D eigenvalue weighted by atomic mass is 79.9. The van der Waals surface area contributed by atoms with Gasteiger partial charge in [-0.05, 0) is 55.8 Å². The fourth-order valence-corrected chi connectivity index (χ4v) is 5.36. The first-order chi connectivity index (χ1) is 13.8. The summed E-state index contributed by atoms with van der Waals surface area (Å²) in [5.41, 5.74) is 4.59. The lowest BCUT2D eigenvalue weighted by Crippen LogP contribution is -2.40. The fourth-order valence-electron chi connectivity index (χ4n) is 3.47. The minimum Gasteiger partial charge on any atom is -0.325 e. The number of nitrogens with one attached hydrogen (secondary N) is 1. The van der Waals surface area contributed by atoms with Gasteiger partial charge in [0.05, 0.1) is 10.6 Å². The molecular formula is C22H19BrN2O3S. The molecule has 29 heavy (non-hydrogen) atoms. The third-order valence-electron chi connectivity index (χ3n) is 4.89. The number of halogens is 1. The van der Waals surface area contributed by atoms with Gasteiger partial charge in [-0.25, -0.2) is 8.42 Å². The summed E-state index contributed by atoms with van der Waals surface area (Å²) < 4.78 is 28.7. The zero-order valence-electron chi connectivity index (χ0n) is 15.9. The van der Waals surface area contributed by atoms with E-state index in [0.29, 0.717) is 16.9 Å². The minimum absolute atomic E-state index is 0.213. The second-order valence-corrected chi connectivity index (χ2v) is 9.73. The van der Waals surface area contributed by atoms with Crippen molar-refractivity contribution in [2.45, 2.75) is 18.7 Å². The Hall–Kier alpha value is -2.64. The maximum atomic E-state index is 13.3. The SMILES string of the molecule is Cc1ccc2c(c1)-c1ccccc1S(=O)(=O)N2CC(=O)Nc1ccc(Br)c(C)c1. The molecule has 0 fully saturated rings.